The minimum atomic E-state index is -1.28. The van der Waals surface area contributed by atoms with E-state index in [9.17, 15) is 23.2 Å². The van der Waals surface area contributed by atoms with Gasteiger partial charge in [0.25, 0.3) is 11.8 Å². The minimum absolute atomic E-state index is 0.137. The van der Waals surface area contributed by atoms with Crippen molar-refractivity contribution in [1.82, 2.24) is 20.4 Å². The van der Waals surface area contributed by atoms with Crippen molar-refractivity contribution < 1.29 is 23.2 Å². The molecule has 8 nitrogen and oxygen atoms in total. The lowest BCUT2D eigenvalue weighted by molar-refractivity contribution is 0.0622. The van der Waals surface area contributed by atoms with Gasteiger partial charge in [0.05, 0.1) is 11.3 Å². The second-order valence-corrected chi connectivity index (χ2v) is 11.3. The van der Waals surface area contributed by atoms with E-state index >= 15 is 0 Å². The zero-order valence-corrected chi connectivity index (χ0v) is 23.4. The summed E-state index contributed by atoms with van der Waals surface area (Å²) in [6.07, 6.45) is 0.756. The fourth-order valence-electron chi connectivity index (χ4n) is 4.21. The van der Waals surface area contributed by atoms with Gasteiger partial charge in [0.1, 0.15) is 0 Å². The van der Waals surface area contributed by atoms with Gasteiger partial charge < -0.3 is 20.9 Å². The van der Waals surface area contributed by atoms with E-state index in [-0.39, 0.29) is 22.7 Å². The molecular weight excluding hydrogens is 504 g/mol. The van der Waals surface area contributed by atoms with Crippen molar-refractivity contribution in [2.75, 3.05) is 38.0 Å². The van der Waals surface area contributed by atoms with Crippen molar-refractivity contribution in [3.8, 4) is 0 Å². The number of halogens is 2. The predicted octanol–water partition coefficient (Wildman–Crippen LogP) is 4.62. The summed E-state index contributed by atoms with van der Waals surface area (Å²) in [5.74, 6) is -2.90. The summed E-state index contributed by atoms with van der Waals surface area (Å²) in [7, 11) is 0. The Morgan fingerprint density at radius 1 is 0.974 bits per heavy atom. The Labute approximate surface area is 229 Å². The van der Waals surface area contributed by atoms with Crippen molar-refractivity contribution in [2.24, 2.45) is 5.92 Å². The number of rotatable bonds is 8. The Kier molecular flexibility index (Phi) is 10.0. The molecule has 1 fully saturated rings. The highest BCUT2D eigenvalue weighted by atomic mass is 19.2. The Hall–Kier alpha value is -3.53. The second-order valence-electron chi connectivity index (χ2n) is 11.3. The standard InChI is InChI=1S/C29H39F2N5O3/c1-19(2)11-12-32-28(39)33-23-10-9-22(24(30)25(23)31)27(38)36-15-13-35(14-16-36)18-20-7-6-8-21(17-20)26(37)34-29(3,4)5/h6-10,17,19H,11-16,18H2,1-5H3,(H,34,37)(H2,32,33,39). The van der Waals surface area contributed by atoms with Crippen LogP contribution in [0.4, 0.5) is 19.3 Å². The zero-order chi connectivity index (χ0) is 28.7. The third-order valence-electron chi connectivity index (χ3n) is 6.31. The lowest BCUT2D eigenvalue weighted by Crippen LogP contribution is -2.48. The van der Waals surface area contributed by atoms with Gasteiger partial charge in [0.2, 0.25) is 0 Å². The highest BCUT2D eigenvalue weighted by molar-refractivity contribution is 5.96. The number of carbonyl (C=O) groups excluding carboxylic acids is 3. The monoisotopic (exact) mass is 543 g/mol. The highest BCUT2D eigenvalue weighted by Crippen LogP contribution is 2.23. The molecule has 0 spiro atoms. The van der Waals surface area contributed by atoms with Gasteiger partial charge in [-0.3, -0.25) is 14.5 Å². The molecule has 10 heteroatoms. The van der Waals surface area contributed by atoms with E-state index < -0.39 is 23.6 Å². The van der Waals surface area contributed by atoms with Crippen molar-refractivity contribution in [3.63, 3.8) is 0 Å². The number of anilines is 1. The number of hydrogen-bond acceptors (Lipinski definition) is 4. The van der Waals surface area contributed by atoms with Crippen LogP contribution < -0.4 is 16.0 Å². The lowest BCUT2D eigenvalue weighted by Gasteiger charge is -2.35. The third-order valence-corrected chi connectivity index (χ3v) is 6.31. The van der Waals surface area contributed by atoms with Crippen LogP contribution in [0.1, 0.15) is 67.3 Å². The van der Waals surface area contributed by atoms with Gasteiger partial charge >= 0.3 is 6.03 Å². The number of benzene rings is 2. The van der Waals surface area contributed by atoms with E-state index in [1.807, 2.05) is 52.8 Å². The van der Waals surface area contributed by atoms with Gasteiger partial charge in [-0.25, -0.2) is 13.6 Å². The Bertz CT molecular complexity index is 1190. The fraction of sp³-hybridized carbons (Fsp3) is 0.483. The second kappa shape index (κ2) is 13.0. The molecule has 0 atom stereocenters. The van der Waals surface area contributed by atoms with Crippen LogP contribution in [-0.4, -0.2) is 65.9 Å². The van der Waals surface area contributed by atoms with Crippen LogP contribution in [0, 0.1) is 17.6 Å². The van der Waals surface area contributed by atoms with Crippen LogP contribution in [-0.2, 0) is 6.54 Å². The average molecular weight is 544 g/mol. The number of urea groups is 1. The molecule has 4 amide bonds. The SMILES string of the molecule is CC(C)CCNC(=O)Nc1ccc(C(=O)N2CCN(Cc3cccc(C(=O)NC(C)(C)C)c3)CC2)c(F)c1F. The quantitative estimate of drug-likeness (QED) is 0.453. The molecule has 3 rings (SSSR count). The summed E-state index contributed by atoms with van der Waals surface area (Å²) in [4.78, 5) is 41.1. The lowest BCUT2D eigenvalue weighted by atomic mass is 10.1. The number of piperazine rings is 1. The van der Waals surface area contributed by atoms with E-state index in [0.29, 0.717) is 50.7 Å². The zero-order valence-electron chi connectivity index (χ0n) is 23.4. The minimum Gasteiger partial charge on any atom is -0.347 e. The van der Waals surface area contributed by atoms with Gasteiger partial charge in [-0.05, 0) is 62.9 Å². The molecule has 0 unspecified atom stereocenters. The molecule has 0 bridgehead atoms. The molecule has 1 heterocycles. The third kappa shape index (κ3) is 8.74. The largest absolute Gasteiger partial charge is 0.347 e. The van der Waals surface area contributed by atoms with E-state index in [0.717, 1.165) is 12.0 Å². The number of hydrogen-bond donors (Lipinski definition) is 3. The molecule has 0 aliphatic carbocycles. The number of nitrogens with one attached hydrogen (secondary N) is 3. The van der Waals surface area contributed by atoms with E-state index in [2.05, 4.69) is 20.9 Å². The highest BCUT2D eigenvalue weighted by Gasteiger charge is 2.27. The van der Waals surface area contributed by atoms with Crippen LogP contribution >= 0.6 is 0 Å². The van der Waals surface area contributed by atoms with E-state index in [1.54, 1.807) is 6.07 Å². The van der Waals surface area contributed by atoms with Crippen LogP contribution in [0.5, 0.6) is 0 Å². The van der Waals surface area contributed by atoms with Gasteiger partial charge in [-0.1, -0.05) is 26.0 Å². The number of nitrogens with zero attached hydrogens (tertiary/aromatic N) is 2. The fourth-order valence-corrected chi connectivity index (χ4v) is 4.21. The van der Waals surface area contributed by atoms with Gasteiger partial charge in [-0.15, -0.1) is 0 Å². The maximum absolute atomic E-state index is 14.8. The van der Waals surface area contributed by atoms with Gasteiger partial charge in [0, 0.05) is 50.4 Å². The molecule has 1 aliphatic rings. The van der Waals surface area contributed by atoms with Crippen molar-refractivity contribution in [1.29, 1.82) is 0 Å². The van der Waals surface area contributed by atoms with Crippen molar-refractivity contribution in [3.05, 3.63) is 64.7 Å². The van der Waals surface area contributed by atoms with Crippen LogP contribution in [0.2, 0.25) is 0 Å². The summed E-state index contributed by atoms with van der Waals surface area (Å²) < 4.78 is 29.5. The Morgan fingerprint density at radius 3 is 2.31 bits per heavy atom. The summed E-state index contributed by atoms with van der Waals surface area (Å²) in [5.41, 5.74) is 0.524. The molecule has 0 aromatic heterocycles. The molecule has 2 aromatic carbocycles. The molecule has 0 saturated carbocycles. The molecule has 1 aliphatic heterocycles. The molecule has 2 aromatic rings. The van der Waals surface area contributed by atoms with Crippen LogP contribution in [0.3, 0.4) is 0 Å². The molecule has 212 valence electrons. The number of amides is 4. The Morgan fingerprint density at radius 2 is 1.67 bits per heavy atom. The molecule has 1 saturated heterocycles. The first-order chi connectivity index (χ1) is 18.3. The normalized spacial score (nSPS) is 14.3. The maximum Gasteiger partial charge on any atom is 0.319 e. The predicted molar refractivity (Wildman–Crippen MR) is 148 cm³/mol. The number of carbonyl (C=O) groups is 3. The smallest absolute Gasteiger partial charge is 0.319 e. The topological polar surface area (TPSA) is 93.8 Å². The van der Waals surface area contributed by atoms with Gasteiger partial charge in [0.15, 0.2) is 11.6 Å². The van der Waals surface area contributed by atoms with Crippen LogP contribution in [0.15, 0.2) is 36.4 Å². The molecule has 3 N–H and O–H groups in total. The first-order valence-electron chi connectivity index (χ1n) is 13.3. The van der Waals surface area contributed by atoms with E-state index in [1.165, 1.54) is 17.0 Å². The maximum atomic E-state index is 14.8. The van der Waals surface area contributed by atoms with Crippen LogP contribution in [0.25, 0.3) is 0 Å². The molecule has 39 heavy (non-hydrogen) atoms. The first-order valence-corrected chi connectivity index (χ1v) is 13.3. The molecule has 0 radical (unpaired) electrons. The summed E-state index contributed by atoms with van der Waals surface area (Å²) in [6, 6.07) is 9.19. The van der Waals surface area contributed by atoms with E-state index in [4.69, 9.17) is 0 Å². The summed E-state index contributed by atoms with van der Waals surface area (Å²) in [5, 5.41) is 7.85. The molecular formula is C29H39F2N5O3. The van der Waals surface area contributed by atoms with Crippen molar-refractivity contribution in [2.45, 2.75) is 53.1 Å². The Balaban J connectivity index is 1.56. The summed E-state index contributed by atoms with van der Waals surface area (Å²) in [6.45, 7) is 12.6. The van der Waals surface area contributed by atoms with Gasteiger partial charge in [-0.2, -0.15) is 0 Å². The average Bonchev–Trinajstić information content (AvgIpc) is 2.86. The van der Waals surface area contributed by atoms with Crippen molar-refractivity contribution >= 4 is 23.5 Å². The first kappa shape index (κ1) is 30.0. The summed E-state index contributed by atoms with van der Waals surface area (Å²) >= 11 is 0.